The van der Waals surface area contributed by atoms with E-state index < -0.39 is 6.17 Å². The molecule has 6 rings (SSSR count). The number of fused-ring (bicyclic) bond motifs is 6. The molecule has 3 amide bonds. The Bertz CT molecular complexity index is 1530. The van der Waals surface area contributed by atoms with Gasteiger partial charge < -0.3 is 19.5 Å². The van der Waals surface area contributed by atoms with Gasteiger partial charge in [-0.2, -0.15) is 0 Å². The van der Waals surface area contributed by atoms with E-state index in [4.69, 9.17) is 4.74 Å². The quantitative estimate of drug-likeness (QED) is 0.457. The van der Waals surface area contributed by atoms with Crippen LogP contribution in [-0.2, 0) is 11.3 Å². The van der Waals surface area contributed by atoms with Crippen LogP contribution < -0.4 is 15.0 Å². The van der Waals surface area contributed by atoms with Crippen LogP contribution in [0.4, 0.5) is 5.69 Å². The van der Waals surface area contributed by atoms with E-state index in [2.05, 4.69) is 9.88 Å². The van der Waals surface area contributed by atoms with Crippen LogP contribution in [0.15, 0.2) is 79.0 Å². The number of ether oxygens (including phenoxy) is 1. The third-order valence-corrected chi connectivity index (χ3v) is 6.85. The lowest BCUT2D eigenvalue weighted by atomic mass is 10.0. The number of aromatic nitrogens is 1. The summed E-state index contributed by atoms with van der Waals surface area (Å²) in [5.41, 5.74) is 3.31. The lowest BCUT2D eigenvalue weighted by molar-refractivity contribution is -0.122. The summed E-state index contributed by atoms with van der Waals surface area (Å²) >= 11 is 0. The minimum atomic E-state index is -0.648. The van der Waals surface area contributed by atoms with Gasteiger partial charge in [0.25, 0.3) is 11.8 Å². The molecule has 0 bridgehead atoms. The van der Waals surface area contributed by atoms with Crippen molar-refractivity contribution in [3.63, 3.8) is 0 Å². The first-order valence-electron chi connectivity index (χ1n) is 11.8. The second-order valence-electron chi connectivity index (χ2n) is 8.87. The molecule has 4 aromatic rings. The zero-order valence-corrected chi connectivity index (χ0v) is 19.7. The molecule has 0 saturated heterocycles. The number of nitrogens with one attached hydrogen (secondary N) is 1. The van der Waals surface area contributed by atoms with Gasteiger partial charge in [-0.3, -0.25) is 19.3 Å². The third-order valence-electron chi connectivity index (χ3n) is 6.85. The molecular weight excluding hydrogens is 456 g/mol. The molecule has 2 aliphatic rings. The summed E-state index contributed by atoms with van der Waals surface area (Å²) in [5, 5.41) is 3.99. The lowest BCUT2D eigenvalue weighted by Crippen LogP contribution is -2.51. The molecule has 3 heterocycles. The van der Waals surface area contributed by atoms with Crippen molar-refractivity contribution in [3.8, 4) is 5.75 Å². The predicted octanol–water partition coefficient (Wildman–Crippen LogP) is 3.58. The molecule has 1 N–H and O–H groups in total. The number of carbonyl (C=O) groups excluding carboxylic acids is 3. The molecule has 0 spiro atoms. The Morgan fingerprint density at radius 3 is 2.56 bits per heavy atom. The van der Waals surface area contributed by atoms with Crippen LogP contribution in [0, 0.1) is 0 Å². The summed E-state index contributed by atoms with van der Waals surface area (Å²) in [6, 6.07) is 22.2. The molecular formula is C28H24N4O4. The van der Waals surface area contributed by atoms with Gasteiger partial charge in [-0.15, -0.1) is 0 Å². The predicted molar refractivity (Wildman–Crippen MR) is 135 cm³/mol. The van der Waals surface area contributed by atoms with Crippen LogP contribution in [0.1, 0.15) is 32.4 Å². The summed E-state index contributed by atoms with van der Waals surface area (Å²) in [6.07, 6.45) is 1.32. The van der Waals surface area contributed by atoms with E-state index in [1.807, 2.05) is 48.7 Å². The highest BCUT2D eigenvalue weighted by molar-refractivity contribution is 6.17. The first-order valence-corrected chi connectivity index (χ1v) is 11.8. The third kappa shape index (κ3) is 3.41. The van der Waals surface area contributed by atoms with Crippen molar-refractivity contribution in [2.75, 3.05) is 25.1 Å². The smallest absolute Gasteiger partial charge is 0.260 e. The van der Waals surface area contributed by atoms with Gasteiger partial charge in [-0.25, -0.2) is 0 Å². The fraction of sp³-hybridized carbons (Fsp3) is 0.179. The number of rotatable bonds is 6. The highest BCUT2D eigenvalue weighted by atomic mass is 16.5. The van der Waals surface area contributed by atoms with Crippen molar-refractivity contribution in [1.82, 2.24) is 14.8 Å². The Hall–Kier alpha value is -4.59. The largest absolute Gasteiger partial charge is 0.497 e. The number of benzene rings is 3. The van der Waals surface area contributed by atoms with Gasteiger partial charge in [0.15, 0.2) is 0 Å². The lowest BCUT2D eigenvalue weighted by Gasteiger charge is -2.40. The molecule has 1 atom stereocenters. The maximum atomic E-state index is 13.5. The van der Waals surface area contributed by atoms with Crippen molar-refractivity contribution in [3.05, 3.63) is 95.7 Å². The van der Waals surface area contributed by atoms with Crippen molar-refractivity contribution in [2.45, 2.75) is 12.7 Å². The average molecular weight is 481 g/mol. The maximum absolute atomic E-state index is 13.5. The maximum Gasteiger partial charge on any atom is 0.260 e. The fourth-order valence-corrected chi connectivity index (χ4v) is 5.16. The van der Waals surface area contributed by atoms with Crippen LogP contribution >= 0.6 is 0 Å². The molecule has 8 heteroatoms. The van der Waals surface area contributed by atoms with Crippen molar-refractivity contribution < 1.29 is 19.1 Å². The van der Waals surface area contributed by atoms with E-state index in [9.17, 15) is 14.4 Å². The SMILES string of the molecule is COc1ccc2c(ccn2CCNC(=O)CN2C(=O)c3ccccc3N3C(=O)c4ccccc4[C@H]23)c1. The molecule has 180 valence electrons. The number of hydrogen-bond donors (Lipinski definition) is 1. The van der Waals surface area contributed by atoms with Crippen LogP contribution in [-0.4, -0.2) is 47.4 Å². The van der Waals surface area contributed by atoms with Crippen LogP contribution in [0.3, 0.4) is 0 Å². The zero-order chi connectivity index (χ0) is 24.8. The summed E-state index contributed by atoms with van der Waals surface area (Å²) in [7, 11) is 1.64. The first kappa shape index (κ1) is 21.9. The molecule has 0 unspecified atom stereocenters. The van der Waals surface area contributed by atoms with E-state index in [-0.39, 0.29) is 24.3 Å². The highest BCUT2D eigenvalue weighted by Gasteiger charge is 2.47. The van der Waals surface area contributed by atoms with Gasteiger partial charge >= 0.3 is 0 Å². The Kier molecular flexibility index (Phi) is 5.21. The van der Waals surface area contributed by atoms with Crippen LogP contribution in [0.25, 0.3) is 10.9 Å². The molecule has 0 fully saturated rings. The van der Waals surface area contributed by atoms with E-state index in [0.717, 1.165) is 22.2 Å². The molecule has 3 aromatic carbocycles. The second kappa shape index (κ2) is 8.57. The molecule has 0 radical (unpaired) electrons. The molecule has 2 aliphatic heterocycles. The van der Waals surface area contributed by atoms with E-state index in [1.165, 1.54) is 4.90 Å². The van der Waals surface area contributed by atoms with E-state index in [1.54, 1.807) is 42.3 Å². The van der Waals surface area contributed by atoms with Gasteiger partial charge in [-0.1, -0.05) is 30.3 Å². The Morgan fingerprint density at radius 2 is 1.72 bits per heavy atom. The summed E-state index contributed by atoms with van der Waals surface area (Å²) < 4.78 is 7.34. The molecule has 1 aromatic heterocycles. The van der Waals surface area contributed by atoms with Crippen molar-refractivity contribution in [1.29, 1.82) is 0 Å². The number of anilines is 1. The Labute approximate surface area is 207 Å². The molecule has 0 saturated carbocycles. The van der Waals surface area contributed by atoms with Crippen LogP contribution in [0.2, 0.25) is 0 Å². The standard InChI is InChI=1S/C28H24N4O4/c1-36-19-10-11-23-18(16-19)12-14-30(23)15-13-29-25(33)17-31-26-20-6-2-3-7-21(20)28(35)32(26)24-9-5-4-8-22(24)27(31)34/h2-12,14,16,26H,13,15,17H2,1H3,(H,29,33)/t26-/m1/s1. The Morgan fingerprint density at radius 1 is 0.944 bits per heavy atom. The number of methoxy groups -OCH3 is 1. The number of amides is 3. The first-order chi connectivity index (χ1) is 17.6. The Balaban J connectivity index is 1.21. The van der Waals surface area contributed by atoms with Crippen molar-refractivity contribution in [2.24, 2.45) is 0 Å². The topological polar surface area (TPSA) is 83.9 Å². The summed E-state index contributed by atoms with van der Waals surface area (Å²) in [5.74, 6) is 0.0777. The average Bonchev–Trinajstić information content (AvgIpc) is 3.45. The molecule has 8 nitrogen and oxygen atoms in total. The number of carbonyl (C=O) groups is 3. The second-order valence-corrected chi connectivity index (χ2v) is 8.87. The van der Waals surface area contributed by atoms with Gasteiger partial charge in [-0.05, 0) is 42.5 Å². The van der Waals surface area contributed by atoms with E-state index in [0.29, 0.717) is 29.9 Å². The number of nitrogens with zero attached hydrogens (tertiary/aromatic N) is 3. The number of hydrogen-bond acceptors (Lipinski definition) is 4. The molecule has 0 aliphatic carbocycles. The highest BCUT2D eigenvalue weighted by Crippen LogP contribution is 2.44. The molecule has 36 heavy (non-hydrogen) atoms. The zero-order valence-electron chi connectivity index (χ0n) is 19.7. The fourth-order valence-electron chi connectivity index (χ4n) is 5.16. The van der Waals surface area contributed by atoms with Gasteiger partial charge in [0.1, 0.15) is 18.5 Å². The van der Waals surface area contributed by atoms with Crippen LogP contribution in [0.5, 0.6) is 5.75 Å². The van der Waals surface area contributed by atoms with Gasteiger partial charge in [0.05, 0.1) is 18.4 Å². The summed E-state index contributed by atoms with van der Waals surface area (Å²) in [4.78, 5) is 42.8. The minimum absolute atomic E-state index is 0.153. The minimum Gasteiger partial charge on any atom is -0.497 e. The number of para-hydroxylation sites is 1. The van der Waals surface area contributed by atoms with Crippen molar-refractivity contribution >= 4 is 34.3 Å². The van der Waals surface area contributed by atoms with Gasteiger partial charge in [0.2, 0.25) is 5.91 Å². The normalized spacial score (nSPS) is 16.1. The monoisotopic (exact) mass is 480 g/mol. The van der Waals surface area contributed by atoms with E-state index >= 15 is 0 Å². The van der Waals surface area contributed by atoms with Gasteiger partial charge in [0, 0.05) is 41.3 Å². The summed E-state index contributed by atoms with van der Waals surface area (Å²) in [6.45, 7) is 0.825.